The minimum atomic E-state index is -0.139. The number of methoxy groups -OCH3 is 1. The summed E-state index contributed by atoms with van der Waals surface area (Å²) in [7, 11) is 1.62. The largest absolute Gasteiger partial charge is 0.497 e. The molecule has 0 saturated carbocycles. The van der Waals surface area contributed by atoms with Gasteiger partial charge in [-0.05, 0) is 35.9 Å². The number of aromatic nitrogens is 1. The number of nitrogens with zero attached hydrogens (tertiary/aromatic N) is 4. The number of anilines is 1. The first kappa shape index (κ1) is 19.3. The number of rotatable bonds is 5. The topological polar surface area (TPSA) is 95.7 Å². The molecule has 3 aromatic rings. The third-order valence-corrected chi connectivity index (χ3v) is 4.83. The second-order valence-electron chi connectivity index (χ2n) is 6.68. The van der Waals surface area contributed by atoms with Crippen LogP contribution in [0.3, 0.4) is 0 Å². The summed E-state index contributed by atoms with van der Waals surface area (Å²) in [4.78, 5) is 20.3. The first-order chi connectivity index (χ1) is 14.7. The summed E-state index contributed by atoms with van der Waals surface area (Å²) in [6.07, 6.45) is 5.05. The number of furan rings is 1. The minimum Gasteiger partial charge on any atom is -0.497 e. The van der Waals surface area contributed by atoms with Gasteiger partial charge in [0.05, 0.1) is 13.4 Å². The number of nitriles is 1. The maximum atomic E-state index is 12.4. The van der Waals surface area contributed by atoms with Crippen LogP contribution >= 0.6 is 0 Å². The number of carbonyl (C=O) groups excluding carboxylic acids is 1. The molecular weight excluding hydrogens is 384 g/mol. The summed E-state index contributed by atoms with van der Waals surface area (Å²) in [5.74, 6) is 1.71. The molecule has 0 unspecified atom stereocenters. The molecule has 1 amide bonds. The maximum Gasteiger partial charge on any atom is 0.289 e. The molecule has 1 aliphatic rings. The average Bonchev–Trinajstić information content (AvgIpc) is 3.47. The van der Waals surface area contributed by atoms with Gasteiger partial charge in [0.1, 0.15) is 11.8 Å². The number of carbonyl (C=O) groups is 1. The van der Waals surface area contributed by atoms with Gasteiger partial charge in [-0.15, -0.1) is 0 Å². The van der Waals surface area contributed by atoms with Crippen LogP contribution in [0, 0.1) is 11.3 Å². The molecule has 1 aromatic carbocycles. The van der Waals surface area contributed by atoms with Gasteiger partial charge in [-0.2, -0.15) is 10.2 Å². The molecule has 1 aliphatic heterocycles. The molecule has 0 bridgehead atoms. The van der Waals surface area contributed by atoms with Gasteiger partial charge in [-0.1, -0.05) is 12.1 Å². The lowest BCUT2D eigenvalue weighted by atomic mass is 10.2. The molecule has 2 aromatic heterocycles. The minimum absolute atomic E-state index is 0.139. The first-order valence-corrected chi connectivity index (χ1v) is 9.48. The van der Waals surface area contributed by atoms with Crippen molar-refractivity contribution in [3.8, 4) is 11.8 Å². The Morgan fingerprint density at radius 1 is 1.20 bits per heavy atom. The number of hydrogen-bond acceptors (Lipinski definition) is 7. The van der Waals surface area contributed by atoms with Gasteiger partial charge in [-0.3, -0.25) is 4.79 Å². The van der Waals surface area contributed by atoms with Gasteiger partial charge in [-0.25, -0.2) is 0 Å². The van der Waals surface area contributed by atoms with Crippen molar-refractivity contribution in [1.29, 1.82) is 5.26 Å². The third-order valence-electron chi connectivity index (χ3n) is 4.83. The molecule has 30 heavy (non-hydrogen) atoms. The van der Waals surface area contributed by atoms with E-state index >= 15 is 0 Å². The van der Waals surface area contributed by atoms with Gasteiger partial charge in [0, 0.05) is 32.3 Å². The summed E-state index contributed by atoms with van der Waals surface area (Å²) in [6, 6.07) is 13.0. The molecule has 8 heteroatoms. The molecular formula is C22H20N4O4. The molecule has 152 valence electrons. The molecule has 0 radical (unpaired) electrons. The number of benzene rings is 1. The number of hydrogen-bond donors (Lipinski definition) is 0. The van der Waals surface area contributed by atoms with E-state index in [1.807, 2.05) is 35.2 Å². The maximum absolute atomic E-state index is 12.4. The van der Waals surface area contributed by atoms with Crippen LogP contribution in [0.1, 0.15) is 27.7 Å². The molecule has 4 rings (SSSR count). The van der Waals surface area contributed by atoms with Crippen LogP contribution in [0.5, 0.6) is 5.75 Å². The molecule has 0 N–H and O–H groups in total. The Balaban J connectivity index is 1.45. The Morgan fingerprint density at radius 2 is 2.03 bits per heavy atom. The normalized spacial score (nSPS) is 14.1. The monoisotopic (exact) mass is 404 g/mol. The van der Waals surface area contributed by atoms with Crippen molar-refractivity contribution in [3.05, 3.63) is 65.6 Å². The van der Waals surface area contributed by atoms with E-state index in [1.165, 1.54) is 6.26 Å². The van der Waals surface area contributed by atoms with Crippen LogP contribution in [-0.2, 0) is 0 Å². The Bertz CT molecular complexity index is 1090. The van der Waals surface area contributed by atoms with E-state index in [4.69, 9.17) is 13.6 Å². The summed E-state index contributed by atoms with van der Waals surface area (Å²) in [6.45, 7) is 2.07. The second-order valence-corrected chi connectivity index (χ2v) is 6.68. The van der Waals surface area contributed by atoms with E-state index in [-0.39, 0.29) is 11.6 Å². The quantitative estimate of drug-likeness (QED) is 0.644. The van der Waals surface area contributed by atoms with Crippen molar-refractivity contribution in [2.75, 3.05) is 38.2 Å². The zero-order valence-corrected chi connectivity index (χ0v) is 16.4. The molecule has 0 aliphatic carbocycles. The highest BCUT2D eigenvalue weighted by Crippen LogP contribution is 2.25. The molecule has 8 nitrogen and oxygen atoms in total. The highest BCUT2D eigenvalue weighted by molar-refractivity contribution is 5.91. The van der Waals surface area contributed by atoms with Crippen LogP contribution in [0.2, 0.25) is 0 Å². The molecule has 0 spiro atoms. The van der Waals surface area contributed by atoms with Gasteiger partial charge < -0.3 is 23.4 Å². The van der Waals surface area contributed by atoms with Crippen molar-refractivity contribution < 1.29 is 18.4 Å². The van der Waals surface area contributed by atoms with Crippen molar-refractivity contribution in [2.24, 2.45) is 0 Å². The van der Waals surface area contributed by atoms with Gasteiger partial charge in [0.2, 0.25) is 17.5 Å². The van der Waals surface area contributed by atoms with E-state index in [1.54, 1.807) is 30.2 Å². The number of oxazole rings is 1. The molecule has 0 atom stereocenters. The average molecular weight is 404 g/mol. The standard InChI is InChI=1S/C22H20N4O4/c1-28-17-5-2-4-16(14-17)7-8-20-24-18(15-23)22(30-20)26-11-9-25(10-12-26)21(27)19-6-3-13-29-19/h2-8,13-14H,9-12H2,1H3/b8-7+. The van der Waals surface area contributed by atoms with Gasteiger partial charge in [0.25, 0.3) is 5.91 Å². The fourth-order valence-electron chi connectivity index (χ4n) is 3.27. The van der Waals surface area contributed by atoms with Crippen molar-refractivity contribution in [2.45, 2.75) is 0 Å². The van der Waals surface area contributed by atoms with Crippen molar-refractivity contribution in [3.63, 3.8) is 0 Å². The smallest absolute Gasteiger partial charge is 0.289 e. The van der Waals surface area contributed by atoms with Crippen LogP contribution in [0.25, 0.3) is 12.2 Å². The van der Waals surface area contributed by atoms with E-state index in [2.05, 4.69) is 11.1 Å². The lowest BCUT2D eigenvalue weighted by Crippen LogP contribution is -2.48. The van der Waals surface area contributed by atoms with Crippen LogP contribution < -0.4 is 9.64 Å². The summed E-state index contributed by atoms with van der Waals surface area (Å²) in [5, 5.41) is 9.46. The van der Waals surface area contributed by atoms with Crippen molar-refractivity contribution >= 4 is 23.9 Å². The zero-order chi connectivity index (χ0) is 20.9. The Hall–Kier alpha value is -3.99. The van der Waals surface area contributed by atoms with Crippen LogP contribution in [0.15, 0.2) is 51.5 Å². The van der Waals surface area contributed by atoms with E-state index in [9.17, 15) is 10.1 Å². The predicted molar refractivity (Wildman–Crippen MR) is 110 cm³/mol. The Labute approximate surface area is 173 Å². The van der Waals surface area contributed by atoms with E-state index < -0.39 is 0 Å². The second kappa shape index (κ2) is 8.57. The molecule has 1 saturated heterocycles. The Morgan fingerprint density at radius 3 is 2.73 bits per heavy atom. The Kier molecular flexibility index (Phi) is 5.52. The lowest BCUT2D eigenvalue weighted by Gasteiger charge is -2.34. The number of ether oxygens (including phenoxy) is 1. The summed E-state index contributed by atoms with van der Waals surface area (Å²) < 4.78 is 16.2. The van der Waals surface area contributed by atoms with Gasteiger partial charge >= 0.3 is 0 Å². The predicted octanol–water partition coefficient (Wildman–Crippen LogP) is 3.28. The molecule has 1 fully saturated rings. The summed E-state index contributed by atoms with van der Waals surface area (Å²) in [5.41, 5.74) is 1.16. The highest BCUT2D eigenvalue weighted by atomic mass is 16.5. The fourth-order valence-corrected chi connectivity index (χ4v) is 3.27. The van der Waals surface area contributed by atoms with Gasteiger partial charge in [0.15, 0.2) is 5.76 Å². The van der Waals surface area contributed by atoms with E-state index in [0.717, 1.165) is 11.3 Å². The SMILES string of the molecule is COc1cccc(/C=C/c2nc(C#N)c(N3CCN(C(=O)c4ccco4)CC3)o2)c1. The lowest BCUT2D eigenvalue weighted by molar-refractivity contribution is 0.0713. The van der Waals surface area contributed by atoms with Crippen LogP contribution in [-0.4, -0.2) is 49.1 Å². The number of piperazine rings is 1. The highest BCUT2D eigenvalue weighted by Gasteiger charge is 2.27. The zero-order valence-electron chi connectivity index (χ0n) is 16.4. The molecule has 3 heterocycles. The third kappa shape index (κ3) is 4.05. The first-order valence-electron chi connectivity index (χ1n) is 9.48. The van der Waals surface area contributed by atoms with Crippen LogP contribution in [0.4, 0.5) is 5.88 Å². The van der Waals surface area contributed by atoms with E-state index in [0.29, 0.717) is 43.7 Å². The fraction of sp³-hybridized carbons (Fsp3) is 0.227. The van der Waals surface area contributed by atoms with Crippen molar-refractivity contribution in [1.82, 2.24) is 9.88 Å². The number of amides is 1. The summed E-state index contributed by atoms with van der Waals surface area (Å²) >= 11 is 0.